The van der Waals surface area contributed by atoms with E-state index in [1.165, 1.54) is 10.9 Å². The molecule has 0 radical (unpaired) electrons. The van der Waals surface area contributed by atoms with Gasteiger partial charge in [-0.2, -0.15) is 5.10 Å². The average molecular weight is 536 g/mol. The predicted molar refractivity (Wildman–Crippen MR) is 137 cm³/mol. The molecule has 2 aromatic heterocycles. The van der Waals surface area contributed by atoms with Crippen LogP contribution < -0.4 is 19.6 Å². The van der Waals surface area contributed by atoms with Crippen molar-refractivity contribution < 1.29 is 23.7 Å². The zero-order valence-corrected chi connectivity index (χ0v) is 21.2. The fraction of sp³-hybridized carbons (Fsp3) is 0.360. The Balaban J connectivity index is 1.16. The number of halogens is 1. The number of piperazine rings is 1. The maximum Gasteiger partial charge on any atom is 0.422 e. The van der Waals surface area contributed by atoms with Gasteiger partial charge in [-0.15, -0.1) is 9.78 Å². The zero-order valence-electron chi connectivity index (χ0n) is 21.2. The summed E-state index contributed by atoms with van der Waals surface area (Å²) in [6.45, 7) is 1.09. The third-order valence-corrected chi connectivity index (χ3v) is 7.12. The van der Waals surface area contributed by atoms with Crippen molar-refractivity contribution in [1.29, 1.82) is 0 Å². The molecule has 6 rings (SSSR count). The Kier molecular flexibility index (Phi) is 6.52. The minimum absolute atomic E-state index is 0.265. The first-order valence-corrected chi connectivity index (χ1v) is 12.6. The number of methoxy groups -OCH3 is 1. The van der Waals surface area contributed by atoms with Crippen molar-refractivity contribution in [3.8, 4) is 11.7 Å². The highest BCUT2D eigenvalue weighted by Gasteiger charge is 2.40. The second kappa shape index (κ2) is 10.3. The number of alkyl halides is 1. The van der Waals surface area contributed by atoms with Crippen molar-refractivity contribution in [1.82, 2.24) is 35.3 Å². The molecule has 3 aromatic rings. The number of rotatable bonds is 7. The van der Waals surface area contributed by atoms with Crippen molar-refractivity contribution in [2.75, 3.05) is 44.9 Å². The van der Waals surface area contributed by atoms with Crippen LogP contribution in [0.4, 0.5) is 10.3 Å². The molecule has 13 nitrogen and oxygen atoms in total. The number of aliphatic imine (C=N–C) groups is 1. The van der Waals surface area contributed by atoms with Gasteiger partial charge in [0, 0.05) is 18.5 Å². The Morgan fingerprint density at radius 2 is 2.05 bits per heavy atom. The van der Waals surface area contributed by atoms with Gasteiger partial charge in [0.15, 0.2) is 11.9 Å². The van der Waals surface area contributed by atoms with Crippen molar-refractivity contribution in [3.63, 3.8) is 0 Å². The van der Waals surface area contributed by atoms with Gasteiger partial charge in [-0.1, -0.05) is 23.4 Å². The quantitative estimate of drug-likeness (QED) is 0.360. The van der Waals surface area contributed by atoms with Gasteiger partial charge in [0.1, 0.15) is 12.4 Å². The number of aliphatic hydroxyl groups excluding tert-OH is 1. The molecule has 3 N–H and O–H groups in total. The van der Waals surface area contributed by atoms with E-state index in [9.17, 15) is 14.3 Å². The van der Waals surface area contributed by atoms with Gasteiger partial charge in [0.05, 0.1) is 57.1 Å². The first-order valence-electron chi connectivity index (χ1n) is 12.6. The monoisotopic (exact) mass is 535 g/mol. The number of ether oxygens (including phenoxy) is 1. The van der Waals surface area contributed by atoms with Crippen LogP contribution >= 0.6 is 0 Å². The van der Waals surface area contributed by atoms with Gasteiger partial charge in [-0.05, 0) is 22.7 Å². The minimum Gasteiger partial charge on any atom is -0.454 e. The summed E-state index contributed by atoms with van der Waals surface area (Å²) in [4.78, 5) is 26.0. The number of allylic oxidation sites excluding steroid dienone is 1. The standard InChI is InChI=1S/C25H27FN10O3/c1-39-24-30-25(36(31-24)17-5-3-2-4-6-17)34-11-9-33(10-12-34)23(38)21(37)19-15-27-20-18(19)13-16(14-26)29-22(20)35-8-7-28-32-35/h2-8,15,18,21,27,37H,9-14H2,1H3/p+1. The van der Waals surface area contributed by atoms with E-state index in [2.05, 4.69) is 35.6 Å². The first-order chi connectivity index (χ1) is 19.1. The van der Waals surface area contributed by atoms with Crippen molar-refractivity contribution >= 4 is 23.4 Å². The number of para-hydroxylation sites is 1. The second-order valence-corrected chi connectivity index (χ2v) is 9.36. The molecule has 0 spiro atoms. The zero-order chi connectivity index (χ0) is 26.9. The highest BCUT2D eigenvalue weighted by atomic mass is 19.1. The van der Waals surface area contributed by atoms with Crippen LogP contribution in [-0.2, 0) is 4.79 Å². The third-order valence-electron chi connectivity index (χ3n) is 7.12. The lowest BCUT2D eigenvalue weighted by molar-refractivity contribution is -0.644. The third kappa shape index (κ3) is 4.52. The van der Waals surface area contributed by atoms with E-state index in [0.717, 1.165) is 5.69 Å². The van der Waals surface area contributed by atoms with Gasteiger partial charge in [-0.25, -0.2) is 14.1 Å². The average Bonchev–Trinajstić information content (AvgIpc) is 3.76. The van der Waals surface area contributed by atoms with Crippen LogP contribution in [-0.4, -0.2) is 92.8 Å². The van der Waals surface area contributed by atoms with Crippen LogP contribution in [0, 0.1) is 5.92 Å². The van der Waals surface area contributed by atoms with Crippen LogP contribution in [0.15, 0.2) is 65.2 Å². The number of H-pyrrole nitrogens is 1. The van der Waals surface area contributed by atoms with E-state index >= 15 is 0 Å². The fourth-order valence-electron chi connectivity index (χ4n) is 5.12. The van der Waals surface area contributed by atoms with Crippen molar-refractivity contribution in [2.45, 2.75) is 12.5 Å². The van der Waals surface area contributed by atoms with Crippen LogP contribution in [0.3, 0.4) is 0 Å². The molecule has 2 atom stereocenters. The van der Waals surface area contributed by atoms with Crippen LogP contribution in [0.1, 0.15) is 6.42 Å². The number of hydrogen-bond acceptors (Lipinski definition) is 9. The molecule has 1 aromatic carbocycles. The molecule has 0 saturated carbocycles. The number of nitrogens with zero attached hydrogens (tertiary/aromatic N) is 8. The number of aliphatic hydroxyl groups is 1. The highest BCUT2D eigenvalue weighted by Crippen LogP contribution is 2.37. The highest BCUT2D eigenvalue weighted by molar-refractivity contribution is 5.93. The fourth-order valence-corrected chi connectivity index (χ4v) is 5.12. The molecule has 39 heavy (non-hydrogen) atoms. The maximum absolute atomic E-state index is 13.7. The Morgan fingerprint density at radius 1 is 1.26 bits per heavy atom. The van der Waals surface area contributed by atoms with Gasteiger partial charge < -0.3 is 20.1 Å². The molecule has 3 aliphatic rings. The number of carbonyl (C=O) groups excluding carboxylic acids is 1. The largest absolute Gasteiger partial charge is 0.454 e. The lowest BCUT2D eigenvalue weighted by Gasteiger charge is -2.33. The van der Waals surface area contributed by atoms with Gasteiger partial charge >= 0.3 is 12.0 Å². The van der Waals surface area contributed by atoms with E-state index < -0.39 is 24.6 Å². The minimum atomic E-state index is -1.37. The summed E-state index contributed by atoms with van der Waals surface area (Å²) in [6.07, 6.45) is 3.62. The Morgan fingerprint density at radius 3 is 2.74 bits per heavy atom. The molecule has 1 saturated heterocycles. The summed E-state index contributed by atoms with van der Waals surface area (Å²) in [5.41, 5.74) is 2.35. The van der Waals surface area contributed by atoms with Gasteiger partial charge in [0.25, 0.3) is 5.91 Å². The summed E-state index contributed by atoms with van der Waals surface area (Å²) >= 11 is 0. The number of anilines is 1. The Bertz CT molecular complexity index is 1440. The number of amides is 1. The molecular weight excluding hydrogens is 507 g/mol. The van der Waals surface area contributed by atoms with E-state index in [1.54, 1.807) is 24.4 Å². The number of fused-ring (bicyclic) bond motifs is 1. The summed E-state index contributed by atoms with van der Waals surface area (Å²) in [7, 11) is 1.55. The summed E-state index contributed by atoms with van der Waals surface area (Å²) in [5.74, 6) is 0.265. The molecule has 202 valence electrons. The first kappa shape index (κ1) is 24.7. The molecule has 2 unspecified atom stereocenters. The Hall–Kier alpha value is -4.59. The normalized spacial score (nSPS) is 19.8. The number of carbonyl (C=O) groups is 1. The number of benzene rings is 1. The summed E-state index contributed by atoms with van der Waals surface area (Å²) in [5, 5.41) is 25.2. The SMILES string of the molecule is COc1nc(N2CCN(C(=O)C(O)C3=CNC4=C(n5ccnn5)N=C(CF)CC34)CC2)[n+](-c2ccccc2)[nH]1. The maximum atomic E-state index is 13.7. The molecule has 1 fully saturated rings. The predicted octanol–water partition coefficient (Wildman–Crippen LogP) is 0.0398. The van der Waals surface area contributed by atoms with Crippen LogP contribution in [0.2, 0.25) is 0 Å². The van der Waals surface area contributed by atoms with Gasteiger partial charge in [-0.3, -0.25) is 9.69 Å². The molecule has 3 aliphatic heterocycles. The van der Waals surface area contributed by atoms with Crippen LogP contribution in [0.25, 0.3) is 11.5 Å². The van der Waals surface area contributed by atoms with Crippen LogP contribution in [0.5, 0.6) is 6.01 Å². The molecule has 1 amide bonds. The lowest BCUT2D eigenvalue weighted by atomic mass is 9.87. The molecule has 14 heteroatoms. The number of aromatic amines is 1. The molecule has 5 heterocycles. The number of aromatic nitrogens is 6. The summed E-state index contributed by atoms with van der Waals surface area (Å²) < 4.78 is 22.3. The summed E-state index contributed by atoms with van der Waals surface area (Å²) in [6, 6.07) is 10.1. The second-order valence-electron chi connectivity index (χ2n) is 9.36. The van der Waals surface area contributed by atoms with E-state index in [4.69, 9.17) is 4.74 Å². The van der Waals surface area contributed by atoms with Gasteiger partial charge in [0.2, 0.25) is 0 Å². The van der Waals surface area contributed by atoms with Crippen molar-refractivity contribution in [3.05, 3.63) is 60.2 Å². The molecule has 0 bridgehead atoms. The topological polar surface area (TPSA) is 141 Å². The van der Waals surface area contributed by atoms with E-state index in [1.807, 2.05) is 35.0 Å². The molecular formula is C25H28FN10O3+. The molecule has 0 aliphatic carbocycles. The lowest BCUT2D eigenvalue weighted by Crippen LogP contribution is -2.54. The van der Waals surface area contributed by atoms with E-state index in [-0.39, 0.29) is 6.42 Å². The smallest absolute Gasteiger partial charge is 0.422 e. The number of nitrogens with one attached hydrogen (secondary N) is 2. The van der Waals surface area contributed by atoms with E-state index in [0.29, 0.717) is 60.9 Å². The van der Waals surface area contributed by atoms with Crippen molar-refractivity contribution in [2.24, 2.45) is 10.9 Å². The Labute approximate surface area is 222 Å². The number of hydrogen-bond donors (Lipinski definition) is 3.